The van der Waals surface area contributed by atoms with Gasteiger partial charge in [-0.3, -0.25) is 0 Å². The van der Waals surface area contributed by atoms with Gasteiger partial charge in [0, 0.05) is 0 Å². The first-order valence-corrected chi connectivity index (χ1v) is 6.25. The topological polar surface area (TPSA) is 75.7 Å². The van der Waals surface area contributed by atoms with E-state index in [1.165, 1.54) is 0 Å². The summed E-state index contributed by atoms with van der Waals surface area (Å²) in [5.74, 6) is 0.402. The Labute approximate surface area is 87.8 Å². The van der Waals surface area contributed by atoms with E-state index in [0.717, 1.165) is 0 Å². The maximum Gasteiger partial charge on any atom is 0.244 e. The molecule has 0 bridgehead atoms. The lowest BCUT2D eigenvalue weighted by Gasteiger charge is -2.02. The van der Waals surface area contributed by atoms with Gasteiger partial charge in [0.2, 0.25) is 20.3 Å². The first-order chi connectivity index (χ1) is 6.42. The number of hydrogen-bond donors (Lipinski definition) is 1. The van der Waals surface area contributed by atoms with Crippen LogP contribution in [-0.4, -0.2) is 29.4 Å². The van der Waals surface area contributed by atoms with Crippen LogP contribution in [0.4, 0.5) is 0 Å². The zero-order valence-corrected chi connectivity index (χ0v) is 9.56. The molecule has 0 aliphatic carbocycles. The third-order valence-electron chi connectivity index (χ3n) is 1.70. The number of hydrogen-bond acceptors (Lipinski definition) is 4. The number of H-pyrrole nitrogens is 1. The van der Waals surface area contributed by atoms with Crippen LogP contribution >= 0.6 is 11.6 Å². The molecule has 1 rings (SSSR count). The van der Waals surface area contributed by atoms with Gasteiger partial charge in [0.1, 0.15) is 0 Å². The van der Waals surface area contributed by atoms with Gasteiger partial charge in [-0.2, -0.15) is 4.98 Å². The molecule has 0 spiro atoms. The Kier molecular flexibility index (Phi) is 3.49. The highest BCUT2D eigenvalue weighted by atomic mass is 35.5. The Bertz CT molecular complexity index is 399. The summed E-state index contributed by atoms with van der Waals surface area (Å²) < 4.78 is 23.1. The van der Waals surface area contributed by atoms with Crippen molar-refractivity contribution in [3.05, 3.63) is 5.28 Å². The van der Waals surface area contributed by atoms with Gasteiger partial charge in [0.15, 0.2) is 0 Å². The Morgan fingerprint density at radius 1 is 1.50 bits per heavy atom. The van der Waals surface area contributed by atoms with E-state index in [4.69, 9.17) is 11.6 Å². The summed E-state index contributed by atoms with van der Waals surface area (Å²) in [5.41, 5.74) is 0. The molecule has 0 aliphatic heterocycles. The third kappa shape index (κ3) is 2.95. The molecule has 5 nitrogen and oxygen atoms in total. The van der Waals surface area contributed by atoms with Crippen LogP contribution in [0.3, 0.4) is 0 Å². The van der Waals surface area contributed by atoms with Gasteiger partial charge >= 0.3 is 0 Å². The van der Waals surface area contributed by atoms with Crippen molar-refractivity contribution in [2.45, 2.75) is 25.4 Å². The maximum atomic E-state index is 11.6. The highest BCUT2D eigenvalue weighted by molar-refractivity contribution is 7.91. The Hall–Kier alpha value is -0.620. The maximum absolute atomic E-state index is 11.6. The molecular weight excluding hydrogens is 226 g/mol. The zero-order valence-electron chi connectivity index (χ0n) is 7.99. The third-order valence-corrected chi connectivity index (χ3v) is 3.41. The van der Waals surface area contributed by atoms with E-state index < -0.39 is 9.84 Å². The Morgan fingerprint density at radius 2 is 2.14 bits per heavy atom. The molecule has 0 aliphatic rings. The van der Waals surface area contributed by atoms with Crippen molar-refractivity contribution in [3.63, 3.8) is 0 Å². The van der Waals surface area contributed by atoms with Gasteiger partial charge in [0.05, 0.1) is 5.75 Å². The second kappa shape index (κ2) is 4.27. The molecule has 1 aromatic heterocycles. The average molecular weight is 238 g/mol. The van der Waals surface area contributed by atoms with Gasteiger partial charge < -0.3 is 0 Å². The van der Waals surface area contributed by atoms with Gasteiger partial charge in [-0.05, 0) is 23.9 Å². The molecular formula is C7H12ClN3O2S. The van der Waals surface area contributed by atoms with Crippen LogP contribution in [0.5, 0.6) is 0 Å². The number of aromatic amines is 1. The Morgan fingerprint density at radius 3 is 2.57 bits per heavy atom. The van der Waals surface area contributed by atoms with Crippen LogP contribution in [0, 0.1) is 5.92 Å². The van der Waals surface area contributed by atoms with Gasteiger partial charge in [-0.15, -0.1) is 5.10 Å². The molecule has 0 unspecified atom stereocenters. The fraction of sp³-hybridized carbons (Fsp3) is 0.714. The van der Waals surface area contributed by atoms with Crippen LogP contribution in [0.25, 0.3) is 0 Å². The molecule has 1 N–H and O–H groups in total. The van der Waals surface area contributed by atoms with E-state index in [-0.39, 0.29) is 16.2 Å². The molecule has 0 saturated carbocycles. The van der Waals surface area contributed by atoms with E-state index in [1.807, 2.05) is 13.8 Å². The predicted molar refractivity (Wildman–Crippen MR) is 52.9 cm³/mol. The van der Waals surface area contributed by atoms with Crippen molar-refractivity contribution in [1.82, 2.24) is 15.2 Å². The van der Waals surface area contributed by atoms with E-state index in [0.29, 0.717) is 12.3 Å². The van der Waals surface area contributed by atoms with Crippen LogP contribution in [-0.2, 0) is 9.84 Å². The summed E-state index contributed by atoms with van der Waals surface area (Å²) >= 11 is 5.41. The van der Waals surface area contributed by atoms with Gasteiger partial charge in [-0.25, -0.2) is 13.5 Å². The molecule has 0 saturated heterocycles. The summed E-state index contributed by atoms with van der Waals surface area (Å²) in [6.07, 6.45) is 0.598. The largest absolute Gasteiger partial charge is 0.249 e. The van der Waals surface area contributed by atoms with Crippen molar-refractivity contribution in [2.75, 3.05) is 5.75 Å². The molecule has 14 heavy (non-hydrogen) atoms. The van der Waals surface area contributed by atoms with Crippen molar-refractivity contribution in [1.29, 1.82) is 0 Å². The van der Waals surface area contributed by atoms with Gasteiger partial charge in [0.25, 0.3) is 0 Å². The number of rotatable bonds is 4. The van der Waals surface area contributed by atoms with Crippen molar-refractivity contribution in [2.24, 2.45) is 5.92 Å². The monoisotopic (exact) mass is 237 g/mol. The fourth-order valence-electron chi connectivity index (χ4n) is 0.854. The molecule has 0 fully saturated rings. The summed E-state index contributed by atoms with van der Waals surface area (Å²) in [5, 5.41) is 5.52. The first-order valence-electron chi connectivity index (χ1n) is 4.22. The molecule has 7 heteroatoms. The SMILES string of the molecule is CC(C)CCS(=O)(=O)c1nc(Cl)n[nH]1. The summed E-state index contributed by atoms with van der Waals surface area (Å²) in [4.78, 5) is 3.57. The molecule has 1 heterocycles. The number of halogens is 1. The summed E-state index contributed by atoms with van der Waals surface area (Å²) in [7, 11) is -3.35. The molecule has 1 aromatic rings. The molecule has 0 aromatic carbocycles. The lowest BCUT2D eigenvalue weighted by atomic mass is 10.2. The minimum Gasteiger partial charge on any atom is -0.249 e. The van der Waals surface area contributed by atoms with Crippen LogP contribution in [0.2, 0.25) is 5.28 Å². The number of aromatic nitrogens is 3. The number of nitrogens with zero attached hydrogens (tertiary/aromatic N) is 2. The minimum absolute atomic E-state index is 0.0657. The second-order valence-corrected chi connectivity index (χ2v) is 5.77. The van der Waals surface area contributed by atoms with Crippen molar-refractivity contribution >= 4 is 21.4 Å². The lowest BCUT2D eigenvalue weighted by Crippen LogP contribution is -2.10. The van der Waals surface area contributed by atoms with E-state index >= 15 is 0 Å². The van der Waals surface area contributed by atoms with Crippen molar-refractivity contribution in [3.8, 4) is 0 Å². The van der Waals surface area contributed by atoms with Crippen LogP contribution in [0.1, 0.15) is 20.3 Å². The molecule has 80 valence electrons. The second-order valence-electron chi connectivity index (χ2n) is 3.41. The molecule has 0 radical (unpaired) electrons. The number of sulfone groups is 1. The van der Waals surface area contributed by atoms with E-state index in [9.17, 15) is 8.42 Å². The summed E-state index contributed by atoms with van der Waals surface area (Å²) in [6, 6.07) is 0. The standard InChI is InChI=1S/C7H12ClN3O2S/c1-5(2)3-4-14(12,13)7-9-6(8)10-11-7/h5H,3-4H2,1-2H3,(H,9,10,11). The molecule has 0 atom stereocenters. The normalized spacial score (nSPS) is 12.3. The highest BCUT2D eigenvalue weighted by Gasteiger charge is 2.19. The van der Waals surface area contributed by atoms with E-state index in [2.05, 4.69) is 15.2 Å². The van der Waals surface area contributed by atoms with Crippen LogP contribution in [0.15, 0.2) is 5.16 Å². The van der Waals surface area contributed by atoms with Crippen molar-refractivity contribution < 1.29 is 8.42 Å². The Balaban J connectivity index is 2.76. The van der Waals surface area contributed by atoms with E-state index in [1.54, 1.807) is 0 Å². The summed E-state index contributed by atoms with van der Waals surface area (Å²) in [6.45, 7) is 3.92. The smallest absolute Gasteiger partial charge is 0.244 e. The predicted octanol–water partition coefficient (Wildman–Crippen LogP) is 1.28. The quantitative estimate of drug-likeness (QED) is 0.856. The zero-order chi connectivity index (χ0) is 10.8. The fourth-order valence-corrected chi connectivity index (χ4v) is 2.42. The lowest BCUT2D eigenvalue weighted by molar-refractivity contribution is 0.567. The molecule has 0 amide bonds. The van der Waals surface area contributed by atoms with Crippen LogP contribution < -0.4 is 0 Å². The highest BCUT2D eigenvalue weighted by Crippen LogP contribution is 2.11. The first kappa shape index (κ1) is 11.5. The number of nitrogens with one attached hydrogen (secondary N) is 1. The minimum atomic E-state index is -3.35. The average Bonchev–Trinajstić information content (AvgIpc) is 2.49. The van der Waals surface area contributed by atoms with Gasteiger partial charge in [-0.1, -0.05) is 13.8 Å².